The summed E-state index contributed by atoms with van der Waals surface area (Å²) in [6.45, 7) is 3.82. The zero-order chi connectivity index (χ0) is 24.9. The first-order valence-corrected chi connectivity index (χ1v) is 11.6. The summed E-state index contributed by atoms with van der Waals surface area (Å²) in [6.07, 6.45) is -0.787. The molecule has 3 aromatic rings. The van der Waals surface area contributed by atoms with Gasteiger partial charge in [-0.2, -0.15) is 0 Å². The monoisotopic (exact) mass is 491 g/mol. The molecule has 1 fully saturated rings. The number of rotatable bonds is 7. The van der Waals surface area contributed by atoms with Gasteiger partial charge in [0.2, 0.25) is 0 Å². The van der Waals surface area contributed by atoms with E-state index in [0.29, 0.717) is 22.0 Å². The van der Waals surface area contributed by atoms with Gasteiger partial charge in [-0.15, -0.1) is 0 Å². The van der Waals surface area contributed by atoms with Crippen LogP contribution in [0.15, 0.2) is 78.9 Å². The zero-order valence-corrected chi connectivity index (χ0v) is 20.1. The Kier molecular flexibility index (Phi) is 7.22. The molecule has 0 saturated carbocycles. The molecule has 1 aliphatic rings. The average Bonchev–Trinajstić information content (AvgIpc) is 2.83. The molecule has 1 saturated heterocycles. The molecule has 3 aromatic carbocycles. The molecule has 1 aliphatic heterocycles. The van der Waals surface area contributed by atoms with Gasteiger partial charge in [-0.3, -0.25) is 15.0 Å². The Bertz CT molecular complexity index is 1200. The van der Waals surface area contributed by atoms with Crippen molar-refractivity contribution >= 4 is 40.9 Å². The van der Waals surface area contributed by atoms with Crippen LogP contribution in [0.1, 0.15) is 29.8 Å². The first kappa shape index (κ1) is 24.1. The van der Waals surface area contributed by atoms with Gasteiger partial charge in [0.25, 0.3) is 5.91 Å². The maximum absolute atomic E-state index is 13.2. The Hall–Kier alpha value is -4.04. The number of hydrogen-bond donors (Lipinski definition) is 3. The third-order valence-corrected chi connectivity index (χ3v) is 5.76. The van der Waals surface area contributed by atoms with E-state index in [9.17, 15) is 14.4 Å². The van der Waals surface area contributed by atoms with Gasteiger partial charge >= 0.3 is 12.1 Å². The standard InChI is InChI=1S/C26H26ClN5O3/c1-17(2)32-25(34)30-24(31(26(32)35)16-18-8-12-20(27)13-9-18)29-22-14-10-19(11-15-22)23(33)28-21-6-4-3-5-7-21/h3-15,17,24,29H,16H2,1-2H3,(H,28,33)(H,30,34). The number of para-hydroxylation sites is 1. The number of anilines is 2. The number of amides is 5. The average molecular weight is 492 g/mol. The molecule has 0 bridgehead atoms. The fourth-order valence-corrected chi connectivity index (χ4v) is 3.84. The van der Waals surface area contributed by atoms with Crippen LogP contribution in [0, 0.1) is 0 Å². The van der Waals surface area contributed by atoms with Gasteiger partial charge in [-0.1, -0.05) is 41.9 Å². The van der Waals surface area contributed by atoms with Crippen LogP contribution in [0.4, 0.5) is 21.0 Å². The Balaban J connectivity index is 1.51. The SMILES string of the molecule is CC(C)N1C(=O)NC(Nc2ccc(C(=O)Nc3ccccc3)cc2)N(Cc2ccc(Cl)cc2)C1=O. The fourth-order valence-electron chi connectivity index (χ4n) is 3.72. The molecule has 4 rings (SSSR count). The van der Waals surface area contributed by atoms with Crippen LogP contribution in [0.25, 0.3) is 0 Å². The molecule has 180 valence electrons. The summed E-state index contributed by atoms with van der Waals surface area (Å²) >= 11 is 6.00. The van der Waals surface area contributed by atoms with Crippen LogP contribution in [0.2, 0.25) is 5.02 Å². The lowest BCUT2D eigenvalue weighted by atomic mass is 10.2. The van der Waals surface area contributed by atoms with Crippen LogP contribution in [0.3, 0.4) is 0 Å². The molecular formula is C26H26ClN5O3. The molecule has 0 aliphatic carbocycles. The van der Waals surface area contributed by atoms with Crippen LogP contribution in [-0.4, -0.2) is 40.1 Å². The second-order valence-corrected chi connectivity index (χ2v) is 8.83. The highest BCUT2D eigenvalue weighted by atomic mass is 35.5. The molecule has 35 heavy (non-hydrogen) atoms. The summed E-state index contributed by atoms with van der Waals surface area (Å²) in [5.74, 6) is -0.235. The van der Waals surface area contributed by atoms with Crippen molar-refractivity contribution < 1.29 is 14.4 Å². The number of carbonyl (C=O) groups is 3. The minimum absolute atomic E-state index is 0.235. The van der Waals surface area contributed by atoms with Crippen molar-refractivity contribution in [2.24, 2.45) is 0 Å². The number of hydrogen-bond acceptors (Lipinski definition) is 4. The van der Waals surface area contributed by atoms with E-state index in [0.717, 1.165) is 5.56 Å². The third kappa shape index (κ3) is 5.73. The summed E-state index contributed by atoms with van der Waals surface area (Å²) in [5, 5.41) is 9.48. The summed E-state index contributed by atoms with van der Waals surface area (Å²) in [7, 11) is 0. The summed E-state index contributed by atoms with van der Waals surface area (Å²) < 4.78 is 0. The van der Waals surface area contributed by atoms with Crippen molar-refractivity contribution in [1.29, 1.82) is 0 Å². The van der Waals surface area contributed by atoms with E-state index in [4.69, 9.17) is 11.6 Å². The second-order valence-electron chi connectivity index (χ2n) is 8.39. The predicted octanol–water partition coefficient (Wildman–Crippen LogP) is 5.34. The van der Waals surface area contributed by atoms with Crippen molar-refractivity contribution in [3.63, 3.8) is 0 Å². The van der Waals surface area contributed by atoms with Crippen LogP contribution < -0.4 is 16.0 Å². The molecular weight excluding hydrogens is 466 g/mol. The molecule has 1 atom stereocenters. The number of nitrogens with zero attached hydrogens (tertiary/aromatic N) is 2. The van der Waals surface area contributed by atoms with Crippen molar-refractivity contribution in [2.75, 3.05) is 10.6 Å². The predicted molar refractivity (Wildman–Crippen MR) is 136 cm³/mol. The molecule has 5 amide bonds. The van der Waals surface area contributed by atoms with Gasteiger partial charge in [0.05, 0.1) is 6.54 Å². The highest BCUT2D eigenvalue weighted by Crippen LogP contribution is 2.21. The number of nitrogens with one attached hydrogen (secondary N) is 3. The molecule has 1 heterocycles. The first-order chi connectivity index (χ1) is 16.8. The van der Waals surface area contributed by atoms with Gasteiger partial charge in [0.1, 0.15) is 0 Å². The number of imide groups is 1. The highest BCUT2D eigenvalue weighted by molar-refractivity contribution is 6.30. The Morgan fingerprint density at radius 3 is 2.23 bits per heavy atom. The van der Waals surface area contributed by atoms with Crippen LogP contribution in [0.5, 0.6) is 0 Å². The summed E-state index contributed by atoms with van der Waals surface area (Å²) in [5.41, 5.74) is 2.68. The Morgan fingerprint density at radius 1 is 0.943 bits per heavy atom. The third-order valence-electron chi connectivity index (χ3n) is 5.51. The highest BCUT2D eigenvalue weighted by Gasteiger charge is 2.39. The lowest BCUT2D eigenvalue weighted by Crippen LogP contribution is -2.68. The van der Waals surface area contributed by atoms with E-state index in [1.165, 1.54) is 4.90 Å². The number of urea groups is 2. The van der Waals surface area contributed by atoms with Gasteiger partial charge < -0.3 is 10.6 Å². The molecule has 0 radical (unpaired) electrons. The van der Waals surface area contributed by atoms with E-state index >= 15 is 0 Å². The van der Waals surface area contributed by atoms with Crippen molar-refractivity contribution in [1.82, 2.24) is 15.1 Å². The van der Waals surface area contributed by atoms with Gasteiger partial charge in [-0.05, 0) is 67.9 Å². The van der Waals surface area contributed by atoms with Crippen LogP contribution in [-0.2, 0) is 6.54 Å². The number of halogens is 1. The molecule has 1 unspecified atom stereocenters. The van der Waals surface area contributed by atoms with E-state index in [1.807, 2.05) is 42.5 Å². The van der Waals surface area contributed by atoms with Crippen molar-refractivity contribution in [3.8, 4) is 0 Å². The van der Waals surface area contributed by atoms with E-state index in [-0.39, 0.29) is 18.5 Å². The lowest BCUT2D eigenvalue weighted by Gasteiger charge is -2.42. The van der Waals surface area contributed by atoms with E-state index in [1.54, 1.807) is 55.1 Å². The van der Waals surface area contributed by atoms with E-state index in [2.05, 4.69) is 16.0 Å². The Labute approximate surface area is 208 Å². The van der Waals surface area contributed by atoms with E-state index < -0.39 is 18.4 Å². The molecule has 8 nitrogen and oxygen atoms in total. The van der Waals surface area contributed by atoms with Gasteiger partial charge in [0, 0.05) is 28.0 Å². The quantitative estimate of drug-likeness (QED) is 0.415. The van der Waals surface area contributed by atoms with Crippen LogP contribution >= 0.6 is 11.6 Å². The minimum Gasteiger partial charge on any atom is -0.348 e. The lowest BCUT2D eigenvalue weighted by molar-refractivity contribution is 0.0973. The summed E-state index contributed by atoms with van der Waals surface area (Å²) in [4.78, 5) is 41.2. The van der Waals surface area contributed by atoms with Gasteiger partial charge in [-0.25, -0.2) is 14.5 Å². The second kappa shape index (κ2) is 10.5. The minimum atomic E-state index is -0.787. The Morgan fingerprint density at radius 2 is 1.60 bits per heavy atom. The normalized spacial score (nSPS) is 15.7. The fraction of sp³-hybridized carbons (Fsp3) is 0.192. The maximum Gasteiger partial charge on any atom is 0.331 e. The maximum atomic E-state index is 13.2. The smallest absolute Gasteiger partial charge is 0.331 e. The van der Waals surface area contributed by atoms with Crippen molar-refractivity contribution in [3.05, 3.63) is 95.0 Å². The topological polar surface area (TPSA) is 93.8 Å². The largest absolute Gasteiger partial charge is 0.348 e. The molecule has 9 heteroatoms. The number of benzene rings is 3. The molecule has 0 spiro atoms. The molecule has 3 N–H and O–H groups in total. The zero-order valence-electron chi connectivity index (χ0n) is 19.4. The van der Waals surface area contributed by atoms with Crippen molar-refractivity contribution in [2.45, 2.75) is 32.7 Å². The number of carbonyl (C=O) groups excluding carboxylic acids is 3. The summed E-state index contributed by atoms with van der Waals surface area (Å²) in [6, 6.07) is 22.0. The van der Waals surface area contributed by atoms with Gasteiger partial charge in [0.15, 0.2) is 6.29 Å². The first-order valence-electron chi connectivity index (χ1n) is 11.2. The molecule has 0 aromatic heterocycles.